The number of nitrogens with zero attached hydrogens (tertiary/aromatic N) is 1. The van der Waals surface area contributed by atoms with E-state index in [1.807, 2.05) is 0 Å². The van der Waals surface area contributed by atoms with Gasteiger partial charge in [-0.05, 0) is 18.6 Å². The minimum Gasteiger partial charge on any atom is -0.478 e. The van der Waals surface area contributed by atoms with Gasteiger partial charge in [0.15, 0.2) is 5.78 Å². The minimum atomic E-state index is -0.0990. The standard InChI is InChI=1S/C8H12N2O3/c1-5-7(6(11)3-4-9)8(12-2)10-13-5/h3-4,9H2,1-2H3. The van der Waals surface area contributed by atoms with Gasteiger partial charge in [-0.25, -0.2) is 0 Å². The Balaban J connectivity index is 2.96. The van der Waals surface area contributed by atoms with Crippen molar-refractivity contribution in [2.45, 2.75) is 13.3 Å². The van der Waals surface area contributed by atoms with E-state index < -0.39 is 0 Å². The zero-order valence-electron chi connectivity index (χ0n) is 7.66. The second-order valence-electron chi connectivity index (χ2n) is 2.58. The molecule has 0 bridgehead atoms. The first-order chi connectivity index (χ1) is 6.20. The first-order valence-corrected chi connectivity index (χ1v) is 3.94. The molecule has 0 aliphatic rings. The van der Waals surface area contributed by atoms with Crippen LogP contribution in [-0.4, -0.2) is 24.6 Å². The molecule has 0 atom stereocenters. The number of methoxy groups -OCH3 is 1. The summed E-state index contributed by atoms with van der Waals surface area (Å²) >= 11 is 0. The Kier molecular flexibility index (Phi) is 3.02. The zero-order valence-corrected chi connectivity index (χ0v) is 7.66. The fourth-order valence-corrected chi connectivity index (χ4v) is 1.06. The molecule has 0 amide bonds. The Hall–Kier alpha value is -1.36. The van der Waals surface area contributed by atoms with E-state index in [-0.39, 0.29) is 18.1 Å². The number of ketones is 1. The Labute approximate surface area is 75.8 Å². The van der Waals surface area contributed by atoms with E-state index >= 15 is 0 Å². The van der Waals surface area contributed by atoms with Crippen molar-refractivity contribution in [3.63, 3.8) is 0 Å². The summed E-state index contributed by atoms with van der Waals surface area (Å²) in [6.07, 6.45) is 0.276. The molecule has 72 valence electrons. The van der Waals surface area contributed by atoms with Gasteiger partial charge in [0.05, 0.1) is 7.11 Å². The molecule has 0 unspecified atom stereocenters. The molecule has 0 aromatic carbocycles. The molecular weight excluding hydrogens is 172 g/mol. The van der Waals surface area contributed by atoms with Gasteiger partial charge in [-0.2, -0.15) is 0 Å². The van der Waals surface area contributed by atoms with Gasteiger partial charge >= 0.3 is 0 Å². The fourth-order valence-electron chi connectivity index (χ4n) is 1.06. The van der Waals surface area contributed by atoms with Crippen molar-refractivity contribution in [1.82, 2.24) is 5.16 Å². The smallest absolute Gasteiger partial charge is 0.265 e. The van der Waals surface area contributed by atoms with Crippen molar-refractivity contribution in [3.05, 3.63) is 11.3 Å². The number of nitrogens with two attached hydrogens (primary N) is 1. The Morgan fingerprint density at radius 3 is 2.92 bits per heavy atom. The van der Waals surface area contributed by atoms with Crippen molar-refractivity contribution in [3.8, 4) is 5.88 Å². The maximum Gasteiger partial charge on any atom is 0.265 e. The summed E-state index contributed by atoms with van der Waals surface area (Å²) in [5.74, 6) is 0.601. The highest BCUT2D eigenvalue weighted by molar-refractivity contribution is 5.99. The van der Waals surface area contributed by atoms with Gasteiger partial charge in [0.25, 0.3) is 5.88 Å². The highest BCUT2D eigenvalue weighted by Crippen LogP contribution is 2.21. The van der Waals surface area contributed by atoms with Crippen LogP contribution < -0.4 is 10.5 Å². The number of hydrogen-bond donors (Lipinski definition) is 1. The lowest BCUT2D eigenvalue weighted by molar-refractivity contribution is 0.0981. The largest absolute Gasteiger partial charge is 0.478 e. The number of rotatable bonds is 4. The highest BCUT2D eigenvalue weighted by atomic mass is 16.5. The summed E-state index contributed by atoms with van der Waals surface area (Å²) in [5.41, 5.74) is 5.66. The van der Waals surface area contributed by atoms with E-state index in [2.05, 4.69) is 5.16 Å². The number of hydrogen-bond acceptors (Lipinski definition) is 5. The lowest BCUT2D eigenvalue weighted by atomic mass is 10.1. The van der Waals surface area contributed by atoms with Crippen LogP contribution in [0.2, 0.25) is 0 Å². The molecule has 5 heteroatoms. The molecule has 0 fully saturated rings. The third-order valence-corrected chi connectivity index (χ3v) is 1.68. The zero-order chi connectivity index (χ0) is 9.84. The summed E-state index contributed by atoms with van der Waals surface area (Å²) in [5, 5.41) is 3.58. The molecule has 2 N–H and O–H groups in total. The summed E-state index contributed by atoms with van der Waals surface area (Å²) in [6.45, 7) is 1.98. The average Bonchev–Trinajstić information content (AvgIpc) is 2.47. The molecule has 0 aliphatic heterocycles. The maximum atomic E-state index is 11.4. The number of ether oxygens (including phenoxy) is 1. The van der Waals surface area contributed by atoms with Gasteiger partial charge in [0.1, 0.15) is 11.3 Å². The third-order valence-electron chi connectivity index (χ3n) is 1.68. The molecule has 1 aromatic heterocycles. The van der Waals surface area contributed by atoms with Crippen molar-refractivity contribution in [1.29, 1.82) is 0 Å². The highest BCUT2D eigenvalue weighted by Gasteiger charge is 2.19. The number of carbonyl (C=O) groups excluding carboxylic acids is 1. The van der Waals surface area contributed by atoms with Gasteiger partial charge in [0.2, 0.25) is 0 Å². The van der Waals surface area contributed by atoms with Gasteiger partial charge in [0, 0.05) is 6.42 Å². The normalized spacial score (nSPS) is 10.1. The predicted molar refractivity (Wildman–Crippen MR) is 45.8 cm³/mol. The van der Waals surface area contributed by atoms with Crippen molar-refractivity contribution < 1.29 is 14.1 Å². The molecule has 1 aromatic rings. The number of Topliss-reactive ketones (excluding diaryl/α,β-unsaturated/α-hetero) is 1. The molecule has 1 rings (SSSR count). The van der Waals surface area contributed by atoms with Gasteiger partial charge in [-0.3, -0.25) is 4.79 Å². The van der Waals surface area contributed by atoms with Gasteiger partial charge < -0.3 is 15.0 Å². The van der Waals surface area contributed by atoms with E-state index in [1.165, 1.54) is 7.11 Å². The number of aryl methyl sites for hydroxylation is 1. The van der Waals surface area contributed by atoms with E-state index in [0.717, 1.165) is 0 Å². The molecular formula is C8H12N2O3. The maximum absolute atomic E-state index is 11.4. The SMILES string of the molecule is COc1noc(C)c1C(=O)CCN. The van der Waals surface area contributed by atoms with Crippen LogP contribution in [0.15, 0.2) is 4.52 Å². The van der Waals surface area contributed by atoms with E-state index in [0.29, 0.717) is 17.9 Å². The molecule has 0 spiro atoms. The Bertz CT molecular complexity index is 306. The molecule has 0 radical (unpaired) electrons. The van der Waals surface area contributed by atoms with Crippen LogP contribution in [0.5, 0.6) is 5.88 Å². The first-order valence-electron chi connectivity index (χ1n) is 3.94. The lowest BCUT2D eigenvalue weighted by Crippen LogP contribution is -2.09. The van der Waals surface area contributed by atoms with Crippen LogP contribution >= 0.6 is 0 Å². The molecule has 0 aliphatic carbocycles. The number of aromatic nitrogens is 1. The van der Waals surface area contributed by atoms with Crippen molar-refractivity contribution in [2.75, 3.05) is 13.7 Å². The lowest BCUT2D eigenvalue weighted by Gasteiger charge is -1.98. The average molecular weight is 184 g/mol. The molecule has 0 saturated carbocycles. The van der Waals surface area contributed by atoms with Crippen molar-refractivity contribution in [2.24, 2.45) is 5.73 Å². The fraction of sp³-hybridized carbons (Fsp3) is 0.500. The molecule has 0 saturated heterocycles. The van der Waals surface area contributed by atoms with Crippen LogP contribution in [0.3, 0.4) is 0 Å². The molecule has 13 heavy (non-hydrogen) atoms. The second-order valence-corrected chi connectivity index (χ2v) is 2.58. The monoisotopic (exact) mass is 184 g/mol. The third kappa shape index (κ3) is 1.86. The first kappa shape index (κ1) is 9.73. The topological polar surface area (TPSA) is 78.4 Å². The summed E-state index contributed by atoms with van der Waals surface area (Å²) in [7, 11) is 1.44. The summed E-state index contributed by atoms with van der Waals surface area (Å²) in [6, 6.07) is 0. The van der Waals surface area contributed by atoms with Crippen LogP contribution in [0, 0.1) is 6.92 Å². The number of carbonyl (C=O) groups is 1. The quantitative estimate of drug-likeness (QED) is 0.690. The van der Waals surface area contributed by atoms with E-state index in [9.17, 15) is 4.79 Å². The van der Waals surface area contributed by atoms with Crippen molar-refractivity contribution >= 4 is 5.78 Å². The second kappa shape index (κ2) is 4.04. The van der Waals surface area contributed by atoms with Crippen LogP contribution in [0.4, 0.5) is 0 Å². The van der Waals surface area contributed by atoms with Crippen LogP contribution in [0.25, 0.3) is 0 Å². The van der Waals surface area contributed by atoms with E-state index in [1.54, 1.807) is 6.92 Å². The molecule has 5 nitrogen and oxygen atoms in total. The van der Waals surface area contributed by atoms with Crippen LogP contribution in [0.1, 0.15) is 22.5 Å². The Morgan fingerprint density at radius 1 is 1.69 bits per heavy atom. The van der Waals surface area contributed by atoms with Gasteiger partial charge in [-0.1, -0.05) is 0 Å². The van der Waals surface area contributed by atoms with E-state index in [4.69, 9.17) is 15.0 Å². The predicted octanol–water partition coefficient (Wildman–Crippen LogP) is 0.523. The summed E-state index contributed by atoms with van der Waals surface area (Å²) < 4.78 is 9.68. The Morgan fingerprint density at radius 2 is 2.38 bits per heavy atom. The summed E-state index contributed by atoms with van der Waals surface area (Å²) in [4.78, 5) is 11.4. The minimum absolute atomic E-state index is 0.0990. The van der Waals surface area contributed by atoms with Crippen LogP contribution in [-0.2, 0) is 0 Å². The van der Waals surface area contributed by atoms with Gasteiger partial charge in [-0.15, -0.1) is 0 Å². The molecule has 1 heterocycles.